The van der Waals surface area contributed by atoms with Gasteiger partial charge < -0.3 is 10.4 Å². The molecule has 5 heteroatoms. The van der Waals surface area contributed by atoms with Gasteiger partial charge in [-0.15, -0.1) is 11.3 Å². The Morgan fingerprint density at radius 1 is 1.09 bits per heavy atom. The molecule has 0 spiro atoms. The van der Waals surface area contributed by atoms with E-state index in [4.69, 9.17) is 4.98 Å². The van der Waals surface area contributed by atoms with Gasteiger partial charge in [0.05, 0.1) is 11.8 Å². The van der Waals surface area contributed by atoms with E-state index in [2.05, 4.69) is 10.2 Å². The fourth-order valence-corrected chi connectivity index (χ4v) is 5.61. The van der Waals surface area contributed by atoms with E-state index < -0.39 is 0 Å². The van der Waals surface area contributed by atoms with Crippen molar-refractivity contribution < 1.29 is 5.11 Å². The number of piperidine rings is 1. The first-order valence-electron chi connectivity index (χ1n) is 9.42. The van der Waals surface area contributed by atoms with Crippen LogP contribution in [0.3, 0.4) is 0 Å². The van der Waals surface area contributed by atoms with Crippen molar-refractivity contribution in [2.24, 2.45) is 0 Å². The number of aryl methyl sites for hydroxylation is 2. The van der Waals surface area contributed by atoms with E-state index in [1.165, 1.54) is 66.9 Å². The van der Waals surface area contributed by atoms with Crippen molar-refractivity contribution in [3.8, 4) is 0 Å². The Hall–Kier alpha value is -0.490. The number of hydrogen-bond acceptors (Lipinski definition) is 5. The highest BCUT2D eigenvalue weighted by molar-refractivity contribution is 7.11. The molecule has 1 aromatic heterocycles. The molecule has 1 aromatic rings. The van der Waals surface area contributed by atoms with Crippen LogP contribution >= 0.6 is 11.3 Å². The van der Waals surface area contributed by atoms with Crippen molar-refractivity contribution in [1.82, 2.24) is 15.2 Å². The van der Waals surface area contributed by atoms with Crippen molar-refractivity contribution in [3.63, 3.8) is 0 Å². The molecule has 23 heavy (non-hydrogen) atoms. The van der Waals surface area contributed by atoms with Crippen LogP contribution in [0, 0.1) is 0 Å². The average molecular weight is 336 g/mol. The zero-order chi connectivity index (χ0) is 15.6. The Labute approximate surface area is 143 Å². The molecule has 128 valence electrons. The van der Waals surface area contributed by atoms with Crippen LogP contribution in [0.15, 0.2) is 0 Å². The monoisotopic (exact) mass is 335 g/mol. The largest absolute Gasteiger partial charge is 0.391 e. The summed E-state index contributed by atoms with van der Waals surface area (Å²) < 4.78 is 0. The molecule has 0 aromatic carbocycles. The van der Waals surface area contributed by atoms with Gasteiger partial charge in [0.25, 0.3) is 0 Å². The van der Waals surface area contributed by atoms with Crippen LogP contribution in [0.25, 0.3) is 0 Å². The maximum atomic E-state index is 10.2. The fraction of sp³-hybridized carbons (Fsp3) is 0.833. The lowest BCUT2D eigenvalue weighted by Gasteiger charge is -2.41. The van der Waals surface area contributed by atoms with Crippen molar-refractivity contribution in [2.45, 2.75) is 82.5 Å². The number of nitrogens with one attached hydrogen (secondary N) is 1. The van der Waals surface area contributed by atoms with Crippen molar-refractivity contribution >= 4 is 11.3 Å². The average Bonchev–Trinajstić information content (AvgIpc) is 3.15. The lowest BCUT2D eigenvalue weighted by Crippen LogP contribution is -2.51. The molecule has 3 aliphatic rings. The quantitative estimate of drug-likeness (QED) is 0.887. The standard InChI is InChI=1S/C18H29N3OS/c22-16-6-2-1-5-15(16)21-10-8-13(9-11-21)19-12-18-20-14-4-3-7-17(14)23-18/h13,15-16,19,22H,1-12H2. The SMILES string of the molecule is OC1CCCCC1N1CCC(NCc2nc3c(s2)CCC3)CC1. The number of aliphatic hydroxyl groups excluding tert-OH is 1. The molecule has 2 atom stereocenters. The van der Waals surface area contributed by atoms with Gasteiger partial charge in [-0.1, -0.05) is 12.8 Å². The first-order valence-corrected chi connectivity index (χ1v) is 10.2. The minimum atomic E-state index is -0.0917. The highest BCUT2D eigenvalue weighted by atomic mass is 32.1. The van der Waals surface area contributed by atoms with Crippen LogP contribution < -0.4 is 5.32 Å². The molecule has 2 heterocycles. The molecule has 0 bridgehead atoms. The molecule has 4 rings (SSSR count). The van der Waals surface area contributed by atoms with Crippen LogP contribution in [-0.2, 0) is 19.4 Å². The third kappa shape index (κ3) is 3.63. The zero-order valence-electron chi connectivity index (χ0n) is 14.0. The molecule has 0 radical (unpaired) electrons. The maximum Gasteiger partial charge on any atom is 0.107 e. The minimum Gasteiger partial charge on any atom is -0.391 e. The number of fused-ring (bicyclic) bond motifs is 1. The predicted molar refractivity (Wildman–Crippen MR) is 93.8 cm³/mol. The predicted octanol–water partition coefficient (Wildman–Crippen LogP) is 2.49. The van der Waals surface area contributed by atoms with Crippen LogP contribution in [0.5, 0.6) is 0 Å². The number of thiazole rings is 1. The van der Waals surface area contributed by atoms with Crippen molar-refractivity contribution in [2.75, 3.05) is 13.1 Å². The molecule has 1 saturated heterocycles. The molecular formula is C18H29N3OS. The molecule has 2 N–H and O–H groups in total. The summed E-state index contributed by atoms with van der Waals surface area (Å²) >= 11 is 1.92. The number of aromatic nitrogens is 1. The molecule has 2 aliphatic carbocycles. The van der Waals surface area contributed by atoms with E-state index in [1.54, 1.807) is 0 Å². The molecule has 1 saturated carbocycles. The van der Waals surface area contributed by atoms with Crippen molar-refractivity contribution in [3.05, 3.63) is 15.6 Å². The first-order chi connectivity index (χ1) is 11.3. The Morgan fingerprint density at radius 3 is 2.70 bits per heavy atom. The summed E-state index contributed by atoms with van der Waals surface area (Å²) in [7, 11) is 0. The minimum absolute atomic E-state index is 0.0917. The van der Waals surface area contributed by atoms with E-state index in [9.17, 15) is 5.11 Å². The first kappa shape index (κ1) is 16.0. The Morgan fingerprint density at radius 2 is 1.91 bits per heavy atom. The van der Waals surface area contributed by atoms with E-state index >= 15 is 0 Å². The number of nitrogens with zero attached hydrogens (tertiary/aromatic N) is 2. The van der Waals surface area contributed by atoms with E-state index in [-0.39, 0.29) is 6.10 Å². The molecule has 4 nitrogen and oxygen atoms in total. The maximum absolute atomic E-state index is 10.2. The molecular weight excluding hydrogens is 306 g/mol. The number of hydrogen-bond donors (Lipinski definition) is 2. The third-order valence-electron chi connectivity index (χ3n) is 5.87. The van der Waals surface area contributed by atoms with E-state index in [1.807, 2.05) is 11.3 Å². The summed E-state index contributed by atoms with van der Waals surface area (Å²) in [4.78, 5) is 8.86. The summed E-state index contributed by atoms with van der Waals surface area (Å²) in [6.07, 6.45) is 10.7. The van der Waals surface area contributed by atoms with E-state index in [0.717, 1.165) is 26.1 Å². The van der Waals surface area contributed by atoms with Gasteiger partial charge in [-0.3, -0.25) is 4.90 Å². The van der Waals surface area contributed by atoms with Gasteiger partial charge in [-0.2, -0.15) is 0 Å². The van der Waals surface area contributed by atoms with Gasteiger partial charge in [0, 0.05) is 36.6 Å². The molecule has 1 aliphatic heterocycles. The third-order valence-corrected chi connectivity index (χ3v) is 7.03. The van der Waals surface area contributed by atoms with Gasteiger partial charge >= 0.3 is 0 Å². The lowest BCUT2D eigenvalue weighted by atomic mass is 9.89. The smallest absolute Gasteiger partial charge is 0.107 e. The summed E-state index contributed by atoms with van der Waals surface area (Å²) in [6, 6.07) is 1.04. The second-order valence-corrected chi connectivity index (χ2v) is 8.61. The highest BCUT2D eigenvalue weighted by Gasteiger charge is 2.31. The zero-order valence-corrected chi connectivity index (χ0v) is 14.8. The summed E-state index contributed by atoms with van der Waals surface area (Å²) in [5.41, 5.74) is 1.37. The van der Waals surface area contributed by atoms with Gasteiger partial charge in [-0.05, 0) is 44.9 Å². The van der Waals surface area contributed by atoms with Crippen molar-refractivity contribution in [1.29, 1.82) is 0 Å². The topological polar surface area (TPSA) is 48.4 Å². The van der Waals surface area contributed by atoms with Crippen LogP contribution in [0.2, 0.25) is 0 Å². The summed E-state index contributed by atoms with van der Waals surface area (Å²) in [6.45, 7) is 3.20. The Bertz CT molecular complexity index is 503. The van der Waals surface area contributed by atoms with Crippen LogP contribution in [0.1, 0.15) is 60.5 Å². The Balaban J connectivity index is 1.23. The second-order valence-electron chi connectivity index (χ2n) is 7.44. The number of aliphatic hydroxyl groups is 1. The lowest BCUT2D eigenvalue weighted by molar-refractivity contribution is 0.00714. The van der Waals surface area contributed by atoms with E-state index in [0.29, 0.717) is 12.1 Å². The highest BCUT2D eigenvalue weighted by Crippen LogP contribution is 2.28. The van der Waals surface area contributed by atoms with Crippen LogP contribution in [0.4, 0.5) is 0 Å². The molecule has 0 amide bonds. The van der Waals surface area contributed by atoms with Crippen LogP contribution in [-0.4, -0.2) is 46.3 Å². The second kappa shape index (κ2) is 7.18. The van der Waals surface area contributed by atoms with Gasteiger partial charge in [0.1, 0.15) is 5.01 Å². The normalized spacial score (nSPS) is 29.8. The molecule has 2 unspecified atom stereocenters. The number of likely N-dealkylation sites (tertiary alicyclic amines) is 1. The molecule has 2 fully saturated rings. The summed E-state index contributed by atoms with van der Waals surface area (Å²) in [5, 5.41) is 15.2. The summed E-state index contributed by atoms with van der Waals surface area (Å²) in [5.74, 6) is 0. The van der Waals surface area contributed by atoms with Gasteiger partial charge in [0.15, 0.2) is 0 Å². The number of rotatable bonds is 4. The Kier molecular flexibility index (Phi) is 4.99. The fourth-order valence-electron chi connectivity index (χ4n) is 4.50. The van der Waals surface area contributed by atoms with Gasteiger partial charge in [-0.25, -0.2) is 4.98 Å². The van der Waals surface area contributed by atoms with Gasteiger partial charge in [0.2, 0.25) is 0 Å².